The third kappa shape index (κ3) is 13.8. The number of rotatable bonds is 13. The Morgan fingerprint density at radius 3 is 1.47 bits per heavy atom. The molecule has 0 bridgehead atoms. The van der Waals surface area contributed by atoms with Crippen LogP contribution >= 0.6 is 0 Å². The van der Waals surface area contributed by atoms with Gasteiger partial charge in [-0.3, -0.25) is 0 Å². The van der Waals surface area contributed by atoms with Crippen molar-refractivity contribution in [2.45, 2.75) is 76.7 Å². The van der Waals surface area contributed by atoms with Gasteiger partial charge in [-0.15, -0.1) is 0 Å². The standard InChI is InChI=1S/C14H30O3/c15-12-8-6-4-2-1-3-5-7-10-14(17)11-9-13-16/h14-17H,1-13H2. The van der Waals surface area contributed by atoms with E-state index in [1.54, 1.807) is 0 Å². The summed E-state index contributed by atoms with van der Waals surface area (Å²) in [7, 11) is 0. The Bertz CT molecular complexity index is 139. The summed E-state index contributed by atoms with van der Waals surface area (Å²) in [5.74, 6) is 0. The van der Waals surface area contributed by atoms with Crippen molar-refractivity contribution in [3.05, 3.63) is 0 Å². The summed E-state index contributed by atoms with van der Waals surface area (Å²) in [5, 5.41) is 26.8. The molecule has 0 aliphatic rings. The van der Waals surface area contributed by atoms with Crippen molar-refractivity contribution in [1.82, 2.24) is 0 Å². The molecule has 0 heterocycles. The lowest BCUT2D eigenvalue weighted by Crippen LogP contribution is -2.06. The summed E-state index contributed by atoms with van der Waals surface area (Å²) >= 11 is 0. The van der Waals surface area contributed by atoms with E-state index in [1.807, 2.05) is 0 Å². The largest absolute Gasteiger partial charge is 0.396 e. The fourth-order valence-electron chi connectivity index (χ4n) is 2.02. The molecule has 0 saturated carbocycles. The molecule has 0 aromatic heterocycles. The van der Waals surface area contributed by atoms with Crippen LogP contribution in [0, 0.1) is 0 Å². The van der Waals surface area contributed by atoms with Crippen molar-refractivity contribution < 1.29 is 15.3 Å². The molecule has 0 aliphatic carbocycles. The average molecular weight is 246 g/mol. The van der Waals surface area contributed by atoms with Crippen molar-refractivity contribution in [1.29, 1.82) is 0 Å². The van der Waals surface area contributed by atoms with E-state index in [0.29, 0.717) is 13.0 Å². The van der Waals surface area contributed by atoms with E-state index >= 15 is 0 Å². The third-order valence-electron chi connectivity index (χ3n) is 3.14. The van der Waals surface area contributed by atoms with Crippen LogP contribution < -0.4 is 0 Å². The van der Waals surface area contributed by atoms with E-state index < -0.39 is 0 Å². The maximum atomic E-state index is 9.55. The molecule has 3 nitrogen and oxygen atoms in total. The summed E-state index contributed by atoms with van der Waals surface area (Å²) in [5.41, 5.74) is 0. The van der Waals surface area contributed by atoms with Gasteiger partial charge in [0, 0.05) is 13.2 Å². The van der Waals surface area contributed by atoms with Crippen LogP contribution in [0.4, 0.5) is 0 Å². The molecule has 0 saturated heterocycles. The average Bonchev–Trinajstić information content (AvgIpc) is 2.34. The van der Waals surface area contributed by atoms with Gasteiger partial charge in [-0.1, -0.05) is 44.9 Å². The SMILES string of the molecule is OCCCCCCCCCCC(O)CCCO. The maximum Gasteiger partial charge on any atom is 0.0541 e. The van der Waals surface area contributed by atoms with Crippen LogP contribution in [0.25, 0.3) is 0 Å². The predicted molar refractivity (Wildman–Crippen MR) is 71.0 cm³/mol. The molecule has 0 spiro atoms. The van der Waals surface area contributed by atoms with Gasteiger partial charge in [0.2, 0.25) is 0 Å². The minimum atomic E-state index is -0.216. The summed E-state index contributed by atoms with van der Waals surface area (Å²) in [4.78, 5) is 0. The molecule has 0 radical (unpaired) electrons. The Morgan fingerprint density at radius 1 is 0.529 bits per heavy atom. The molecule has 3 N–H and O–H groups in total. The topological polar surface area (TPSA) is 60.7 Å². The summed E-state index contributed by atoms with van der Waals surface area (Å²) < 4.78 is 0. The molecule has 104 valence electrons. The zero-order valence-electron chi connectivity index (χ0n) is 11.1. The third-order valence-corrected chi connectivity index (χ3v) is 3.14. The quantitative estimate of drug-likeness (QED) is 0.438. The van der Waals surface area contributed by atoms with Gasteiger partial charge in [0.15, 0.2) is 0 Å². The molecule has 3 heteroatoms. The van der Waals surface area contributed by atoms with Gasteiger partial charge in [0.1, 0.15) is 0 Å². The number of hydrogen-bond acceptors (Lipinski definition) is 3. The molecular weight excluding hydrogens is 216 g/mol. The molecule has 0 fully saturated rings. The predicted octanol–water partition coefficient (Wildman–Crippen LogP) is 2.62. The Kier molecular flexibility index (Phi) is 13.8. The molecule has 0 aliphatic heterocycles. The second kappa shape index (κ2) is 13.9. The minimum Gasteiger partial charge on any atom is -0.396 e. The molecule has 0 aromatic rings. The van der Waals surface area contributed by atoms with E-state index in [0.717, 1.165) is 32.1 Å². The van der Waals surface area contributed by atoms with Gasteiger partial charge in [-0.25, -0.2) is 0 Å². The van der Waals surface area contributed by atoms with Crippen molar-refractivity contribution in [2.24, 2.45) is 0 Å². The lowest BCUT2D eigenvalue weighted by molar-refractivity contribution is 0.137. The van der Waals surface area contributed by atoms with Gasteiger partial charge in [-0.05, 0) is 25.7 Å². The van der Waals surface area contributed by atoms with E-state index in [2.05, 4.69) is 0 Å². The number of unbranched alkanes of at least 4 members (excludes halogenated alkanes) is 7. The second-order valence-corrected chi connectivity index (χ2v) is 4.86. The molecule has 0 rings (SSSR count). The Morgan fingerprint density at radius 2 is 0.941 bits per heavy atom. The van der Waals surface area contributed by atoms with Gasteiger partial charge < -0.3 is 15.3 Å². The van der Waals surface area contributed by atoms with Crippen LogP contribution in [-0.4, -0.2) is 34.6 Å². The molecule has 0 amide bonds. The van der Waals surface area contributed by atoms with E-state index in [-0.39, 0.29) is 12.7 Å². The number of aliphatic hydroxyl groups excluding tert-OH is 3. The number of hydrogen-bond donors (Lipinski definition) is 3. The van der Waals surface area contributed by atoms with Crippen molar-refractivity contribution in [3.8, 4) is 0 Å². The molecule has 1 atom stereocenters. The molecule has 17 heavy (non-hydrogen) atoms. The van der Waals surface area contributed by atoms with E-state index in [1.165, 1.54) is 32.1 Å². The highest BCUT2D eigenvalue weighted by Crippen LogP contribution is 2.12. The van der Waals surface area contributed by atoms with Crippen LogP contribution in [0.5, 0.6) is 0 Å². The normalized spacial score (nSPS) is 12.9. The first-order valence-electron chi connectivity index (χ1n) is 7.21. The Hall–Kier alpha value is -0.120. The zero-order chi connectivity index (χ0) is 12.8. The molecular formula is C14H30O3. The van der Waals surface area contributed by atoms with Crippen molar-refractivity contribution in [3.63, 3.8) is 0 Å². The molecule has 0 aromatic carbocycles. The van der Waals surface area contributed by atoms with Crippen LogP contribution in [0.3, 0.4) is 0 Å². The van der Waals surface area contributed by atoms with Gasteiger partial charge in [0.25, 0.3) is 0 Å². The first-order valence-corrected chi connectivity index (χ1v) is 7.21. The fourth-order valence-corrected chi connectivity index (χ4v) is 2.02. The number of aliphatic hydroxyl groups is 3. The smallest absolute Gasteiger partial charge is 0.0541 e. The van der Waals surface area contributed by atoms with Gasteiger partial charge in [-0.2, -0.15) is 0 Å². The van der Waals surface area contributed by atoms with Crippen LogP contribution in [0.15, 0.2) is 0 Å². The highest BCUT2D eigenvalue weighted by atomic mass is 16.3. The van der Waals surface area contributed by atoms with E-state index in [4.69, 9.17) is 10.2 Å². The van der Waals surface area contributed by atoms with Gasteiger partial charge >= 0.3 is 0 Å². The zero-order valence-corrected chi connectivity index (χ0v) is 11.1. The van der Waals surface area contributed by atoms with Crippen LogP contribution in [0.2, 0.25) is 0 Å². The lowest BCUT2D eigenvalue weighted by Gasteiger charge is -2.09. The van der Waals surface area contributed by atoms with E-state index in [9.17, 15) is 5.11 Å². The summed E-state index contributed by atoms with van der Waals surface area (Å²) in [6, 6.07) is 0. The van der Waals surface area contributed by atoms with Crippen LogP contribution in [0.1, 0.15) is 70.6 Å². The first-order chi connectivity index (χ1) is 8.31. The first kappa shape index (κ1) is 16.9. The van der Waals surface area contributed by atoms with Gasteiger partial charge in [0.05, 0.1) is 6.10 Å². The Balaban J connectivity index is 3.02. The lowest BCUT2D eigenvalue weighted by atomic mass is 10.0. The van der Waals surface area contributed by atoms with Crippen LogP contribution in [-0.2, 0) is 0 Å². The molecule has 1 unspecified atom stereocenters. The Labute approximate surface area is 106 Å². The second-order valence-electron chi connectivity index (χ2n) is 4.86. The summed E-state index contributed by atoms with van der Waals surface area (Å²) in [6.07, 6.45) is 11.5. The monoisotopic (exact) mass is 246 g/mol. The highest BCUT2D eigenvalue weighted by molar-refractivity contribution is 4.56. The summed E-state index contributed by atoms with van der Waals surface area (Å²) in [6.45, 7) is 0.511. The fraction of sp³-hybridized carbons (Fsp3) is 1.00. The van der Waals surface area contributed by atoms with Crippen molar-refractivity contribution in [2.75, 3.05) is 13.2 Å². The highest BCUT2D eigenvalue weighted by Gasteiger charge is 2.02. The van der Waals surface area contributed by atoms with Crippen molar-refractivity contribution >= 4 is 0 Å². The minimum absolute atomic E-state index is 0.185. The maximum absolute atomic E-state index is 9.55.